The van der Waals surface area contributed by atoms with Crippen LogP contribution in [0.2, 0.25) is 0 Å². The molecule has 1 heterocycles. The fraction of sp³-hybridized carbons (Fsp3) is 0.923. The van der Waals surface area contributed by atoms with Gasteiger partial charge in [-0.15, -0.1) is 0 Å². The van der Waals surface area contributed by atoms with E-state index in [4.69, 9.17) is 9.73 Å². The van der Waals surface area contributed by atoms with Gasteiger partial charge >= 0.3 is 0 Å². The summed E-state index contributed by atoms with van der Waals surface area (Å²) in [6, 6.07) is 0. The first-order valence-electron chi connectivity index (χ1n) is 6.77. The van der Waals surface area contributed by atoms with Gasteiger partial charge in [-0.3, -0.25) is 4.99 Å². The van der Waals surface area contributed by atoms with Crippen molar-refractivity contribution in [3.8, 4) is 0 Å². The van der Waals surface area contributed by atoms with Gasteiger partial charge in [-0.25, -0.2) is 0 Å². The van der Waals surface area contributed by atoms with Crippen LogP contribution in [0.15, 0.2) is 4.99 Å². The number of thioether (sulfide) groups is 1. The highest BCUT2D eigenvalue weighted by atomic mass is 32.2. The molecule has 0 aromatic carbocycles. The average molecular weight is 254 g/mol. The van der Waals surface area contributed by atoms with Crippen molar-refractivity contribution in [3.63, 3.8) is 0 Å². The maximum Gasteiger partial charge on any atom is 0.157 e. The normalized spacial score (nSPS) is 31.7. The summed E-state index contributed by atoms with van der Waals surface area (Å²) in [6.45, 7) is 0.842. The van der Waals surface area contributed by atoms with Gasteiger partial charge in [0.1, 0.15) is 0 Å². The smallest absolute Gasteiger partial charge is 0.157 e. The second-order valence-electron chi connectivity index (χ2n) is 5.76. The highest BCUT2D eigenvalue weighted by molar-refractivity contribution is 8.14. The van der Waals surface area contributed by atoms with Gasteiger partial charge < -0.3 is 10.1 Å². The van der Waals surface area contributed by atoms with E-state index in [1.54, 1.807) is 0 Å². The number of methoxy groups -OCH3 is 1. The van der Waals surface area contributed by atoms with Crippen LogP contribution < -0.4 is 5.32 Å². The topological polar surface area (TPSA) is 33.6 Å². The number of nitrogens with zero attached hydrogens (tertiary/aromatic N) is 1. The van der Waals surface area contributed by atoms with Gasteiger partial charge in [-0.2, -0.15) is 0 Å². The number of hydrogen-bond donors (Lipinski definition) is 1. The molecule has 17 heavy (non-hydrogen) atoms. The average Bonchev–Trinajstić information content (AvgIpc) is 2.89. The van der Waals surface area contributed by atoms with E-state index in [9.17, 15) is 0 Å². The Morgan fingerprint density at radius 3 is 2.59 bits per heavy atom. The zero-order chi connectivity index (χ0) is 11.8. The van der Waals surface area contributed by atoms with E-state index in [1.807, 2.05) is 18.9 Å². The number of aliphatic imine (C=N–C) groups is 1. The summed E-state index contributed by atoms with van der Waals surface area (Å²) >= 11 is 1.91. The minimum absolute atomic E-state index is 0.0701. The first-order valence-corrected chi connectivity index (χ1v) is 7.75. The molecular weight excluding hydrogens is 232 g/mol. The molecule has 2 aliphatic carbocycles. The molecule has 0 atom stereocenters. The number of nitrogens with one attached hydrogen (secondary N) is 1. The maximum absolute atomic E-state index is 5.61. The molecule has 1 N–H and O–H groups in total. The van der Waals surface area contributed by atoms with Gasteiger partial charge in [-0.05, 0) is 32.1 Å². The third-order valence-electron chi connectivity index (χ3n) is 4.63. The third kappa shape index (κ3) is 2.22. The van der Waals surface area contributed by atoms with E-state index >= 15 is 0 Å². The molecule has 3 aliphatic rings. The van der Waals surface area contributed by atoms with E-state index < -0.39 is 0 Å². The predicted molar refractivity (Wildman–Crippen MR) is 72.7 cm³/mol. The lowest BCUT2D eigenvalue weighted by atomic mass is 9.80. The number of amidine groups is 1. The number of rotatable bonds is 3. The fourth-order valence-electron chi connectivity index (χ4n) is 3.13. The Morgan fingerprint density at radius 2 is 2.00 bits per heavy atom. The second kappa shape index (κ2) is 4.47. The van der Waals surface area contributed by atoms with Gasteiger partial charge in [0.15, 0.2) is 5.17 Å². The Labute approximate surface area is 108 Å². The molecule has 96 valence electrons. The Bertz CT molecular complexity index is 314. The zero-order valence-electron chi connectivity index (χ0n) is 10.6. The van der Waals surface area contributed by atoms with Crippen molar-refractivity contribution >= 4 is 16.9 Å². The minimum atomic E-state index is 0.0701. The van der Waals surface area contributed by atoms with E-state index in [0.717, 1.165) is 11.7 Å². The number of ether oxygens (including phenoxy) is 1. The second-order valence-corrected chi connectivity index (χ2v) is 6.73. The Kier molecular flexibility index (Phi) is 3.11. The van der Waals surface area contributed by atoms with Crippen LogP contribution in [-0.4, -0.2) is 35.7 Å². The summed E-state index contributed by atoms with van der Waals surface area (Å²) in [5, 5.41) is 4.83. The molecule has 1 spiro atoms. The highest BCUT2D eigenvalue weighted by Gasteiger charge is 2.41. The van der Waals surface area contributed by atoms with Gasteiger partial charge in [0.2, 0.25) is 0 Å². The summed E-state index contributed by atoms with van der Waals surface area (Å²) in [6.07, 6.45) is 9.06. The molecule has 3 nitrogen and oxygen atoms in total. The molecule has 0 radical (unpaired) electrons. The Hall–Kier alpha value is -0.220. The molecule has 0 bridgehead atoms. The molecule has 0 amide bonds. The summed E-state index contributed by atoms with van der Waals surface area (Å²) < 4.78 is 5.61. The van der Waals surface area contributed by atoms with Crippen molar-refractivity contribution in [2.24, 2.45) is 4.99 Å². The first-order chi connectivity index (χ1) is 8.26. The quantitative estimate of drug-likeness (QED) is 0.840. The zero-order valence-corrected chi connectivity index (χ0v) is 11.4. The molecule has 1 aliphatic heterocycles. The lowest BCUT2D eigenvalue weighted by Gasteiger charge is -2.39. The number of hydrogen-bond acceptors (Lipinski definition) is 3. The Morgan fingerprint density at radius 1 is 1.24 bits per heavy atom. The third-order valence-corrected chi connectivity index (χ3v) is 5.83. The van der Waals surface area contributed by atoms with Crippen LogP contribution in [0.25, 0.3) is 0 Å². The molecule has 4 heteroatoms. The molecule has 1 saturated heterocycles. The SMILES string of the molecule is COC1(CN=C2NC3(CCCC3)CS2)CCC1. The standard InChI is InChI=1S/C13H22N2OS/c1-16-13(7-4-8-13)9-14-11-15-12(10-17-11)5-2-3-6-12/h2-10H2,1H3,(H,14,15). The maximum atomic E-state index is 5.61. The minimum Gasteiger partial charge on any atom is -0.376 e. The van der Waals surface area contributed by atoms with Crippen LogP contribution in [0.4, 0.5) is 0 Å². The van der Waals surface area contributed by atoms with Gasteiger partial charge in [0, 0.05) is 18.4 Å². The van der Waals surface area contributed by atoms with Crippen LogP contribution in [0.3, 0.4) is 0 Å². The van der Waals surface area contributed by atoms with Gasteiger partial charge in [-0.1, -0.05) is 24.6 Å². The van der Waals surface area contributed by atoms with Crippen LogP contribution >= 0.6 is 11.8 Å². The highest BCUT2D eigenvalue weighted by Crippen LogP contribution is 2.39. The summed E-state index contributed by atoms with van der Waals surface area (Å²) in [5.74, 6) is 1.21. The monoisotopic (exact) mass is 254 g/mol. The molecular formula is C13H22N2OS. The molecule has 0 unspecified atom stereocenters. The molecule has 2 saturated carbocycles. The lowest BCUT2D eigenvalue weighted by molar-refractivity contribution is -0.0629. The molecule has 0 aromatic rings. The van der Waals surface area contributed by atoms with Crippen LogP contribution in [0, 0.1) is 0 Å². The van der Waals surface area contributed by atoms with Crippen molar-refractivity contribution in [3.05, 3.63) is 0 Å². The van der Waals surface area contributed by atoms with E-state index in [1.165, 1.54) is 50.7 Å². The molecule has 3 fully saturated rings. The van der Waals surface area contributed by atoms with Crippen molar-refractivity contribution in [2.45, 2.75) is 56.1 Å². The van der Waals surface area contributed by atoms with Crippen molar-refractivity contribution in [1.82, 2.24) is 5.32 Å². The van der Waals surface area contributed by atoms with E-state index in [2.05, 4.69) is 5.32 Å². The summed E-state index contributed by atoms with van der Waals surface area (Å²) in [7, 11) is 1.83. The van der Waals surface area contributed by atoms with Crippen LogP contribution in [-0.2, 0) is 4.74 Å². The summed E-state index contributed by atoms with van der Waals surface area (Å²) in [5.41, 5.74) is 0.462. The molecule has 3 rings (SSSR count). The van der Waals surface area contributed by atoms with E-state index in [0.29, 0.717) is 5.54 Å². The largest absolute Gasteiger partial charge is 0.376 e. The van der Waals surface area contributed by atoms with Crippen LogP contribution in [0.5, 0.6) is 0 Å². The van der Waals surface area contributed by atoms with Gasteiger partial charge in [0.05, 0.1) is 12.1 Å². The predicted octanol–water partition coefficient (Wildman–Crippen LogP) is 2.56. The Balaban J connectivity index is 1.58. The van der Waals surface area contributed by atoms with E-state index in [-0.39, 0.29) is 5.60 Å². The summed E-state index contributed by atoms with van der Waals surface area (Å²) in [4.78, 5) is 4.75. The first kappa shape index (κ1) is 11.8. The van der Waals surface area contributed by atoms with Crippen molar-refractivity contribution < 1.29 is 4.74 Å². The van der Waals surface area contributed by atoms with Gasteiger partial charge in [0.25, 0.3) is 0 Å². The van der Waals surface area contributed by atoms with Crippen molar-refractivity contribution in [2.75, 3.05) is 19.4 Å². The van der Waals surface area contributed by atoms with Crippen molar-refractivity contribution in [1.29, 1.82) is 0 Å². The lowest BCUT2D eigenvalue weighted by Crippen LogP contribution is -2.44. The molecule has 0 aromatic heterocycles. The van der Waals surface area contributed by atoms with Crippen LogP contribution in [0.1, 0.15) is 44.9 Å². The fourth-order valence-corrected chi connectivity index (χ4v) is 4.34.